The Morgan fingerprint density at radius 3 is 2.71 bits per heavy atom. The predicted octanol–water partition coefficient (Wildman–Crippen LogP) is 1.50. The summed E-state index contributed by atoms with van der Waals surface area (Å²) in [5.41, 5.74) is 0. The van der Waals surface area contributed by atoms with Crippen molar-refractivity contribution in [1.29, 1.82) is 0 Å². The highest BCUT2D eigenvalue weighted by Crippen LogP contribution is 2.31. The number of isocyanates is 1. The minimum Gasteiger partial charge on any atom is -0.492 e. The smallest absolute Gasteiger partial charge is 0.296 e. The zero-order valence-corrected chi connectivity index (χ0v) is 9.81. The summed E-state index contributed by atoms with van der Waals surface area (Å²) in [5.74, 6) is 0.749. The third-order valence-electron chi connectivity index (χ3n) is 2.46. The Labute approximate surface area is 99.2 Å². The van der Waals surface area contributed by atoms with Crippen LogP contribution in [0.5, 0.6) is 5.75 Å². The maximum atomic E-state index is 11.6. The fraction of sp³-hybridized carbons (Fsp3) is 0.364. The van der Waals surface area contributed by atoms with E-state index in [1.807, 2.05) is 0 Å². The molecule has 0 saturated heterocycles. The van der Waals surface area contributed by atoms with Crippen LogP contribution >= 0.6 is 0 Å². The normalized spacial score (nSPS) is 15.1. The molecule has 0 spiro atoms. The van der Waals surface area contributed by atoms with E-state index in [0.29, 0.717) is 12.5 Å². The number of benzene rings is 1. The molecule has 1 aliphatic carbocycles. The Morgan fingerprint density at radius 1 is 1.35 bits per heavy atom. The van der Waals surface area contributed by atoms with Crippen LogP contribution in [-0.4, -0.2) is 21.1 Å². The van der Waals surface area contributed by atoms with E-state index in [4.69, 9.17) is 4.74 Å². The highest BCUT2D eigenvalue weighted by Gasteiger charge is 2.24. The van der Waals surface area contributed by atoms with Crippen LogP contribution in [0.25, 0.3) is 0 Å². The largest absolute Gasteiger partial charge is 0.492 e. The first-order valence-electron chi connectivity index (χ1n) is 5.19. The lowest BCUT2D eigenvalue weighted by molar-refractivity contribution is 0.292. The van der Waals surface area contributed by atoms with Gasteiger partial charge in [-0.05, 0) is 30.9 Å². The number of hydrogen-bond donors (Lipinski definition) is 0. The second-order valence-electron chi connectivity index (χ2n) is 3.86. The summed E-state index contributed by atoms with van der Waals surface area (Å²) in [6, 6.07) is 6.14. The molecular formula is C11H11NO4S. The van der Waals surface area contributed by atoms with Gasteiger partial charge in [-0.1, -0.05) is 16.5 Å². The van der Waals surface area contributed by atoms with Crippen molar-refractivity contribution in [2.75, 3.05) is 6.61 Å². The zero-order valence-electron chi connectivity index (χ0n) is 9.00. The van der Waals surface area contributed by atoms with Gasteiger partial charge in [-0.25, -0.2) is 4.79 Å². The van der Waals surface area contributed by atoms with Gasteiger partial charge < -0.3 is 4.74 Å². The first-order chi connectivity index (χ1) is 8.13. The van der Waals surface area contributed by atoms with Crippen LogP contribution in [0.3, 0.4) is 0 Å². The van der Waals surface area contributed by atoms with Gasteiger partial charge in [-0.2, -0.15) is 8.42 Å². The van der Waals surface area contributed by atoms with Gasteiger partial charge in [0.05, 0.1) is 6.61 Å². The number of ether oxygens (including phenoxy) is 1. The molecule has 0 atom stereocenters. The number of sulfonamides is 1. The summed E-state index contributed by atoms with van der Waals surface area (Å²) in [5, 5.41) is 0. The van der Waals surface area contributed by atoms with Crippen molar-refractivity contribution in [3.05, 3.63) is 24.3 Å². The molecule has 6 heteroatoms. The average Bonchev–Trinajstić information content (AvgIpc) is 3.10. The molecule has 1 aliphatic rings. The van der Waals surface area contributed by atoms with Crippen LogP contribution in [0.15, 0.2) is 33.6 Å². The van der Waals surface area contributed by atoms with Gasteiger partial charge in [0, 0.05) is 0 Å². The predicted molar refractivity (Wildman–Crippen MR) is 60.0 cm³/mol. The maximum Gasteiger partial charge on any atom is 0.296 e. The molecule has 5 nitrogen and oxygen atoms in total. The van der Waals surface area contributed by atoms with Crippen molar-refractivity contribution in [3.8, 4) is 5.75 Å². The van der Waals surface area contributed by atoms with E-state index in [2.05, 4.69) is 4.40 Å². The Morgan fingerprint density at radius 2 is 2.06 bits per heavy atom. The van der Waals surface area contributed by atoms with Crippen LogP contribution in [0.4, 0.5) is 0 Å². The monoisotopic (exact) mass is 253 g/mol. The summed E-state index contributed by atoms with van der Waals surface area (Å²) in [4.78, 5) is 9.98. The van der Waals surface area contributed by atoms with E-state index >= 15 is 0 Å². The Bertz CT molecular complexity index is 557. The third kappa shape index (κ3) is 2.93. The van der Waals surface area contributed by atoms with Gasteiger partial charge in [-0.3, -0.25) is 0 Å². The zero-order chi connectivity index (χ0) is 12.3. The quantitative estimate of drug-likeness (QED) is 0.588. The van der Waals surface area contributed by atoms with E-state index in [1.165, 1.54) is 6.07 Å². The van der Waals surface area contributed by atoms with Gasteiger partial charge in [0.15, 0.2) is 0 Å². The molecule has 1 aromatic carbocycles. The third-order valence-corrected chi connectivity index (χ3v) is 3.66. The lowest BCUT2D eigenvalue weighted by Crippen LogP contribution is -2.04. The van der Waals surface area contributed by atoms with Crippen LogP contribution < -0.4 is 4.74 Å². The van der Waals surface area contributed by atoms with Gasteiger partial charge in [0.2, 0.25) is 0 Å². The van der Waals surface area contributed by atoms with Crippen molar-refractivity contribution < 1.29 is 17.9 Å². The molecule has 0 heterocycles. The van der Waals surface area contributed by atoms with Crippen LogP contribution in [0, 0.1) is 5.92 Å². The second kappa shape index (κ2) is 4.69. The van der Waals surface area contributed by atoms with Gasteiger partial charge in [0.25, 0.3) is 16.1 Å². The van der Waals surface area contributed by atoms with Crippen molar-refractivity contribution in [2.24, 2.45) is 10.3 Å². The summed E-state index contributed by atoms with van der Waals surface area (Å²) >= 11 is 0. The Kier molecular flexibility index (Phi) is 3.26. The number of hydrogen-bond acceptors (Lipinski definition) is 4. The van der Waals surface area contributed by atoms with Gasteiger partial charge in [-0.15, -0.1) is 0 Å². The van der Waals surface area contributed by atoms with Crippen molar-refractivity contribution >= 4 is 16.1 Å². The number of para-hydroxylation sites is 1. The first kappa shape index (κ1) is 11.8. The highest BCUT2D eigenvalue weighted by atomic mass is 32.2. The standard InChI is InChI=1S/C11H11NO4S/c13-8-12-17(14,15)11-4-2-1-3-10(11)16-7-9-5-6-9/h1-4,9H,5-7H2. The van der Waals surface area contributed by atoms with Crippen molar-refractivity contribution in [2.45, 2.75) is 17.7 Å². The Balaban J connectivity index is 2.28. The van der Waals surface area contributed by atoms with E-state index in [1.54, 1.807) is 18.2 Å². The minimum absolute atomic E-state index is 0.0935. The number of nitrogens with zero attached hydrogens (tertiary/aromatic N) is 1. The van der Waals surface area contributed by atoms with E-state index in [0.717, 1.165) is 18.9 Å². The van der Waals surface area contributed by atoms with Crippen LogP contribution in [-0.2, 0) is 14.8 Å². The van der Waals surface area contributed by atoms with Crippen molar-refractivity contribution in [3.63, 3.8) is 0 Å². The minimum atomic E-state index is -3.99. The van der Waals surface area contributed by atoms with Gasteiger partial charge >= 0.3 is 0 Å². The molecule has 0 aromatic heterocycles. The fourth-order valence-corrected chi connectivity index (χ4v) is 2.20. The van der Waals surface area contributed by atoms with E-state index in [9.17, 15) is 13.2 Å². The maximum absolute atomic E-state index is 11.6. The molecule has 0 unspecified atom stereocenters. The summed E-state index contributed by atoms with van der Waals surface area (Å²) in [6.07, 6.45) is 3.27. The Hall–Kier alpha value is -1.65. The molecule has 0 amide bonds. The lowest BCUT2D eigenvalue weighted by Gasteiger charge is -2.08. The lowest BCUT2D eigenvalue weighted by atomic mass is 10.3. The average molecular weight is 253 g/mol. The second-order valence-corrected chi connectivity index (χ2v) is 5.43. The summed E-state index contributed by atoms with van der Waals surface area (Å²) in [6.45, 7) is 0.497. The molecule has 90 valence electrons. The molecule has 1 aromatic rings. The molecule has 0 aliphatic heterocycles. The molecule has 1 fully saturated rings. The van der Waals surface area contributed by atoms with E-state index in [-0.39, 0.29) is 10.6 Å². The topological polar surface area (TPSA) is 72.8 Å². The summed E-state index contributed by atoms with van der Waals surface area (Å²) < 4.78 is 31.4. The molecular weight excluding hydrogens is 242 g/mol. The molecule has 0 bridgehead atoms. The van der Waals surface area contributed by atoms with E-state index < -0.39 is 10.0 Å². The molecule has 17 heavy (non-hydrogen) atoms. The molecule has 2 rings (SSSR count). The molecule has 1 saturated carbocycles. The number of rotatable bonds is 5. The van der Waals surface area contributed by atoms with Crippen LogP contribution in [0.2, 0.25) is 0 Å². The SMILES string of the molecule is O=C=NS(=O)(=O)c1ccccc1OCC1CC1. The van der Waals surface area contributed by atoms with Crippen molar-refractivity contribution in [1.82, 2.24) is 0 Å². The molecule has 0 N–H and O–H groups in total. The van der Waals surface area contributed by atoms with Crippen LogP contribution in [0.1, 0.15) is 12.8 Å². The highest BCUT2D eigenvalue weighted by molar-refractivity contribution is 7.90. The summed E-state index contributed by atoms with van der Waals surface area (Å²) in [7, 11) is -3.99. The number of carbonyl (C=O) groups excluding carboxylic acids is 1. The fourth-order valence-electron chi connectivity index (χ4n) is 1.37. The first-order valence-corrected chi connectivity index (χ1v) is 6.63. The molecule has 0 radical (unpaired) electrons. The van der Waals surface area contributed by atoms with Gasteiger partial charge in [0.1, 0.15) is 10.6 Å².